The van der Waals surface area contributed by atoms with E-state index in [1.54, 1.807) is 0 Å². The number of nitrogens with zero attached hydrogens (tertiary/aromatic N) is 3. The highest BCUT2D eigenvalue weighted by atomic mass is 32.2. The SMILES string of the molecule is CCOC(=O)c1nnc(CC2CCc3cc(C(O)(C(F)(F)F)C(F)(F)F)ccc3N2S(=O)(=O)c2ccc(F)cc2)o1. The average Bonchev–Trinajstić information content (AvgIpc) is 3.35. The molecule has 0 radical (unpaired) electrons. The lowest BCUT2D eigenvalue weighted by Gasteiger charge is -2.39. The van der Waals surface area contributed by atoms with E-state index >= 15 is 0 Å². The Hall–Kier alpha value is -3.73. The zero-order valence-corrected chi connectivity index (χ0v) is 21.6. The van der Waals surface area contributed by atoms with Gasteiger partial charge < -0.3 is 14.3 Å². The quantitative estimate of drug-likeness (QED) is 0.307. The van der Waals surface area contributed by atoms with Crippen molar-refractivity contribution >= 4 is 21.7 Å². The largest absolute Gasteiger partial charge is 0.459 e. The van der Waals surface area contributed by atoms with Crippen molar-refractivity contribution in [2.24, 2.45) is 0 Å². The number of aromatic nitrogens is 2. The first-order valence-electron chi connectivity index (χ1n) is 11.8. The lowest BCUT2D eigenvalue weighted by atomic mass is 9.87. The van der Waals surface area contributed by atoms with E-state index in [-0.39, 0.29) is 43.0 Å². The van der Waals surface area contributed by atoms with Crippen LogP contribution in [-0.4, -0.2) is 54.7 Å². The Balaban J connectivity index is 1.81. The minimum atomic E-state index is -6.15. The van der Waals surface area contributed by atoms with Crippen LogP contribution in [0.15, 0.2) is 51.8 Å². The molecule has 1 aliphatic rings. The van der Waals surface area contributed by atoms with E-state index in [1.807, 2.05) is 0 Å². The summed E-state index contributed by atoms with van der Waals surface area (Å²) in [5.41, 5.74) is -7.30. The van der Waals surface area contributed by atoms with Crippen molar-refractivity contribution in [1.82, 2.24) is 10.2 Å². The minimum Gasteiger partial charge on any atom is -0.459 e. The third-order valence-electron chi connectivity index (χ3n) is 6.33. The third kappa shape index (κ3) is 5.47. The van der Waals surface area contributed by atoms with Crippen LogP contribution in [0.1, 0.15) is 41.0 Å². The lowest BCUT2D eigenvalue weighted by Crippen LogP contribution is -2.54. The van der Waals surface area contributed by atoms with Crippen LogP contribution >= 0.6 is 0 Å². The normalized spacial score (nSPS) is 16.4. The number of aliphatic hydroxyl groups is 1. The summed E-state index contributed by atoms with van der Waals surface area (Å²) in [5, 5.41) is 17.1. The van der Waals surface area contributed by atoms with Crippen LogP contribution in [0.2, 0.25) is 0 Å². The molecule has 41 heavy (non-hydrogen) atoms. The van der Waals surface area contributed by atoms with Crippen molar-refractivity contribution in [3.8, 4) is 0 Å². The number of hydrogen-bond donors (Lipinski definition) is 1. The van der Waals surface area contributed by atoms with Crippen LogP contribution < -0.4 is 4.31 Å². The van der Waals surface area contributed by atoms with Crippen LogP contribution in [0.5, 0.6) is 0 Å². The van der Waals surface area contributed by atoms with Gasteiger partial charge in [0.25, 0.3) is 15.6 Å². The average molecular weight is 611 g/mol. The summed E-state index contributed by atoms with van der Waals surface area (Å²) in [4.78, 5) is 11.4. The summed E-state index contributed by atoms with van der Waals surface area (Å²) in [6, 6.07) is 4.00. The van der Waals surface area contributed by atoms with Crippen LogP contribution in [0.3, 0.4) is 0 Å². The van der Waals surface area contributed by atoms with Gasteiger partial charge in [0.15, 0.2) is 0 Å². The molecular weight excluding hydrogens is 591 g/mol. The number of carbonyl (C=O) groups excluding carboxylic acids is 1. The molecule has 2 heterocycles. The minimum absolute atomic E-state index is 0.000557. The maximum absolute atomic E-state index is 13.7. The highest BCUT2D eigenvalue weighted by Gasteiger charge is 2.71. The van der Waals surface area contributed by atoms with E-state index in [0.29, 0.717) is 12.1 Å². The molecule has 0 bridgehead atoms. The van der Waals surface area contributed by atoms with Gasteiger partial charge in [-0.1, -0.05) is 12.1 Å². The summed E-state index contributed by atoms with van der Waals surface area (Å²) in [5.74, 6) is -2.43. The molecule has 0 spiro atoms. The molecule has 1 aliphatic heterocycles. The molecule has 0 amide bonds. The molecule has 9 nitrogen and oxygen atoms in total. The van der Waals surface area contributed by atoms with Gasteiger partial charge >= 0.3 is 24.2 Å². The van der Waals surface area contributed by atoms with E-state index in [1.165, 1.54) is 6.92 Å². The number of fused-ring (bicyclic) bond motifs is 1. The molecular formula is C24H20F7N3O6S. The second-order valence-corrected chi connectivity index (χ2v) is 10.7. The van der Waals surface area contributed by atoms with Crippen LogP contribution in [0.4, 0.5) is 36.4 Å². The molecule has 17 heteroatoms. The smallest absolute Gasteiger partial charge is 0.430 e. The maximum atomic E-state index is 13.7. The van der Waals surface area contributed by atoms with E-state index in [9.17, 15) is 49.1 Å². The van der Waals surface area contributed by atoms with Gasteiger partial charge in [-0.2, -0.15) is 26.3 Å². The number of rotatable bonds is 7. The summed E-state index contributed by atoms with van der Waals surface area (Å²) >= 11 is 0. The van der Waals surface area contributed by atoms with Crippen LogP contribution in [-0.2, 0) is 33.2 Å². The fourth-order valence-electron chi connectivity index (χ4n) is 4.39. The van der Waals surface area contributed by atoms with Gasteiger partial charge in [0.2, 0.25) is 5.89 Å². The molecule has 4 rings (SSSR count). The highest BCUT2D eigenvalue weighted by molar-refractivity contribution is 7.92. The van der Waals surface area contributed by atoms with E-state index in [4.69, 9.17) is 9.15 Å². The molecule has 1 N–H and O–H groups in total. The number of esters is 1. The molecule has 3 aromatic rings. The molecule has 0 saturated carbocycles. The Morgan fingerprint density at radius 1 is 1.07 bits per heavy atom. The molecule has 222 valence electrons. The second-order valence-electron chi connectivity index (χ2n) is 8.92. The zero-order valence-electron chi connectivity index (χ0n) is 20.8. The van der Waals surface area contributed by atoms with Crippen molar-refractivity contribution < 1.29 is 58.2 Å². The van der Waals surface area contributed by atoms with Gasteiger partial charge in [-0.15, -0.1) is 10.2 Å². The van der Waals surface area contributed by atoms with E-state index in [0.717, 1.165) is 34.6 Å². The van der Waals surface area contributed by atoms with Gasteiger partial charge in [0.1, 0.15) is 5.82 Å². The zero-order chi connectivity index (χ0) is 30.4. The summed E-state index contributed by atoms with van der Waals surface area (Å²) in [6.45, 7) is 1.53. The van der Waals surface area contributed by atoms with Crippen molar-refractivity contribution in [2.75, 3.05) is 10.9 Å². The predicted octanol–water partition coefficient (Wildman–Crippen LogP) is 4.45. The number of ether oxygens (including phenoxy) is 1. The monoisotopic (exact) mass is 611 g/mol. The highest BCUT2D eigenvalue weighted by Crippen LogP contribution is 2.51. The first kappa shape index (κ1) is 30.2. The van der Waals surface area contributed by atoms with Crippen molar-refractivity contribution in [2.45, 2.75) is 55.1 Å². The molecule has 1 aromatic heterocycles. The predicted molar refractivity (Wildman–Crippen MR) is 125 cm³/mol. The van der Waals surface area contributed by atoms with Gasteiger partial charge in [-0.05, 0) is 55.7 Å². The number of anilines is 1. The summed E-state index contributed by atoms with van der Waals surface area (Å²) in [7, 11) is -4.61. The molecule has 0 fully saturated rings. The van der Waals surface area contributed by atoms with Crippen molar-refractivity contribution in [1.29, 1.82) is 0 Å². The van der Waals surface area contributed by atoms with Gasteiger partial charge in [0.05, 0.1) is 23.2 Å². The van der Waals surface area contributed by atoms with Gasteiger partial charge in [0, 0.05) is 12.0 Å². The topological polar surface area (TPSA) is 123 Å². The number of halogens is 7. The standard InChI is InChI=1S/C24H20F7N3O6S/c1-2-39-21(35)20-33-32-19(40-20)12-16-7-3-13-11-14(22(36,23(26,27)28)24(29,30)31)4-10-18(13)34(16)41(37,38)17-8-5-15(25)6-9-17/h4-6,8-11,16,36H,2-3,7,12H2,1H3. The number of aryl methyl sites for hydroxylation is 1. The Kier molecular flexibility index (Phi) is 7.81. The van der Waals surface area contributed by atoms with Crippen molar-refractivity contribution in [3.05, 3.63) is 71.2 Å². The van der Waals surface area contributed by atoms with E-state index in [2.05, 4.69) is 10.2 Å². The molecule has 1 unspecified atom stereocenters. The summed E-state index contributed by atoms with van der Waals surface area (Å²) < 4.78 is 133. The third-order valence-corrected chi connectivity index (χ3v) is 8.21. The first-order chi connectivity index (χ1) is 19.0. The molecule has 0 aliphatic carbocycles. The first-order valence-corrected chi connectivity index (χ1v) is 13.2. The number of benzene rings is 2. The summed E-state index contributed by atoms with van der Waals surface area (Å²) in [6.07, 6.45) is -13.0. The molecule has 2 aromatic carbocycles. The fraction of sp³-hybridized carbons (Fsp3) is 0.375. The Morgan fingerprint density at radius 3 is 2.29 bits per heavy atom. The van der Waals surface area contributed by atoms with Crippen LogP contribution in [0, 0.1) is 5.82 Å². The Bertz CT molecular complexity index is 1520. The maximum Gasteiger partial charge on any atom is 0.430 e. The number of hydrogen-bond acceptors (Lipinski definition) is 8. The number of carbonyl (C=O) groups is 1. The number of alkyl halides is 6. The van der Waals surface area contributed by atoms with E-state index < -0.39 is 62.2 Å². The Morgan fingerprint density at radius 2 is 1.71 bits per heavy atom. The van der Waals surface area contributed by atoms with Gasteiger partial charge in [-0.3, -0.25) is 4.31 Å². The Labute approximate surface area is 227 Å². The second kappa shape index (κ2) is 10.6. The fourth-order valence-corrected chi connectivity index (χ4v) is 6.11. The molecule has 0 saturated heterocycles. The van der Waals surface area contributed by atoms with Crippen LogP contribution in [0.25, 0.3) is 0 Å². The lowest BCUT2D eigenvalue weighted by molar-refractivity contribution is -0.376. The van der Waals surface area contributed by atoms with Crippen molar-refractivity contribution in [3.63, 3.8) is 0 Å². The number of sulfonamides is 1. The van der Waals surface area contributed by atoms with Gasteiger partial charge in [-0.25, -0.2) is 17.6 Å². The molecule has 1 atom stereocenters.